The lowest BCUT2D eigenvalue weighted by atomic mass is 10.1. The smallest absolute Gasteiger partial charge is 0.407 e. The van der Waals surface area contributed by atoms with E-state index in [0.717, 1.165) is 18.5 Å². The van der Waals surface area contributed by atoms with Crippen molar-refractivity contribution < 1.29 is 15.0 Å². The Labute approximate surface area is 127 Å². The zero-order valence-electron chi connectivity index (χ0n) is 12.1. The molecule has 1 amide bonds. The molecule has 22 heavy (non-hydrogen) atoms. The molecule has 0 saturated carbocycles. The van der Waals surface area contributed by atoms with Gasteiger partial charge in [0.15, 0.2) is 0 Å². The average Bonchev–Trinajstić information content (AvgIpc) is 2.54. The fourth-order valence-corrected chi connectivity index (χ4v) is 2.66. The first-order chi connectivity index (χ1) is 10.6. The summed E-state index contributed by atoms with van der Waals surface area (Å²) < 4.78 is 0. The van der Waals surface area contributed by atoms with E-state index in [4.69, 9.17) is 5.11 Å². The van der Waals surface area contributed by atoms with Gasteiger partial charge in [-0.1, -0.05) is 6.07 Å². The molecule has 0 unspecified atom stereocenters. The van der Waals surface area contributed by atoms with Crippen LogP contribution in [0.25, 0.3) is 11.0 Å². The molecule has 7 nitrogen and oxygen atoms in total. The van der Waals surface area contributed by atoms with Gasteiger partial charge in [0, 0.05) is 25.7 Å². The third-order valence-corrected chi connectivity index (χ3v) is 3.94. The minimum atomic E-state index is -0.852. The van der Waals surface area contributed by atoms with Crippen molar-refractivity contribution in [1.82, 2.24) is 20.2 Å². The summed E-state index contributed by atoms with van der Waals surface area (Å²) in [5.74, 6) is 0.126. The maximum Gasteiger partial charge on any atom is 0.407 e. The predicted octanol–water partition coefficient (Wildman–Crippen LogP) is 1.57. The first kappa shape index (κ1) is 14.5. The highest BCUT2D eigenvalue weighted by atomic mass is 16.4. The number of phenols is 1. The van der Waals surface area contributed by atoms with Crippen molar-refractivity contribution in [2.75, 3.05) is 13.1 Å². The van der Waals surface area contributed by atoms with Crippen molar-refractivity contribution in [3.63, 3.8) is 0 Å². The lowest BCUT2D eigenvalue weighted by Crippen LogP contribution is -2.44. The SMILES string of the molecule is O=C(O)N1CCC(NCc2cnc3cccc(O)c3n2)CC1. The summed E-state index contributed by atoms with van der Waals surface area (Å²) in [6.07, 6.45) is 2.42. The Bertz CT molecular complexity index is 684. The Morgan fingerprint density at radius 2 is 2.14 bits per heavy atom. The number of nitrogens with one attached hydrogen (secondary N) is 1. The normalized spacial score (nSPS) is 16.1. The second-order valence-corrected chi connectivity index (χ2v) is 5.43. The van der Waals surface area contributed by atoms with Crippen molar-refractivity contribution in [2.24, 2.45) is 0 Å². The number of fused-ring (bicyclic) bond motifs is 1. The monoisotopic (exact) mass is 302 g/mol. The average molecular weight is 302 g/mol. The highest BCUT2D eigenvalue weighted by Gasteiger charge is 2.21. The number of amides is 1. The number of para-hydroxylation sites is 1. The van der Waals surface area contributed by atoms with Gasteiger partial charge in [-0.15, -0.1) is 0 Å². The quantitative estimate of drug-likeness (QED) is 0.796. The number of carbonyl (C=O) groups is 1. The third kappa shape index (κ3) is 3.09. The van der Waals surface area contributed by atoms with Gasteiger partial charge in [0.2, 0.25) is 0 Å². The first-order valence-corrected chi connectivity index (χ1v) is 7.28. The maximum atomic E-state index is 10.9. The number of piperidine rings is 1. The molecule has 0 aliphatic carbocycles. The summed E-state index contributed by atoms with van der Waals surface area (Å²) in [5.41, 5.74) is 1.93. The van der Waals surface area contributed by atoms with Crippen molar-refractivity contribution in [3.05, 3.63) is 30.1 Å². The molecule has 0 spiro atoms. The molecule has 0 atom stereocenters. The van der Waals surface area contributed by atoms with E-state index in [9.17, 15) is 9.90 Å². The van der Waals surface area contributed by atoms with E-state index < -0.39 is 6.09 Å². The lowest BCUT2D eigenvalue weighted by Gasteiger charge is -2.30. The Balaban J connectivity index is 1.60. The fraction of sp³-hybridized carbons (Fsp3) is 0.400. The van der Waals surface area contributed by atoms with Gasteiger partial charge in [0.05, 0.1) is 17.4 Å². The fourth-order valence-electron chi connectivity index (χ4n) is 2.66. The Morgan fingerprint density at radius 3 is 2.86 bits per heavy atom. The minimum absolute atomic E-state index is 0.126. The zero-order valence-corrected chi connectivity index (χ0v) is 12.1. The third-order valence-electron chi connectivity index (χ3n) is 3.94. The largest absolute Gasteiger partial charge is 0.506 e. The molecular weight excluding hydrogens is 284 g/mol. The molecule has 1 aliphatic rings. The number of aromatic nitrogens is 2. The highest BCUT2D eigenvalue weighted by Crippen LogP contribution is 2.20. The Kier molecular flexibility index (Phi) is 4.06. The number of hydrogen-bond acceptors (Lipinski definition) is 5. The van der Waals surface area contributed by atoms with E-state index in [1.54, 1.807) is 24.4 Å². The number of rotatable bonds is 3. The van der Waals surface area contributed by atoms with Crippen LogP contribution in [0.2, 0.25) is 0 Å². The van der Waals surface area contributed by atoms with Crippen LogP contribution in [0.5, 0.6) is 5.75 Å². The number of phenolic OH excluding ortho intramolecular Hbond substituents is 1. The van der Waals surface area contributed by atoms with Gasteiger partial charge < -0.3 is 20.4 Å². The molecule has 2 aromatic rings. The highest BCUT2D eigenvalue weighted by molar-refractivity contribution is 5.80. The van der Waals surface area contributed by atoms with Gasteiger partial charge in [-0.2, -0.15) is 0 Å². The van der Waals surface area contributed by atoms with Crippen LogP contribution in [0, 0.1) is 0 Å². The molecule has 1 aromatic carbocycles. The molecule has 3 rings (SSSR count). The molecule has 7 heteroatoms. The molecule has 0 radical (unpaired) electrons. The predicted molar refractivity (Wildman–Crippen MR) is 80.7 cm³/mol. The van der Waals surface area contributed by atoms with E-state index in [1.807, 2.05) is 0 Å². The Hall–Kier alpha value is -2.41. The number of nitrogens with zero attached hydrogens (tertiary/aromatic N) is 3. The summed E-state index contributed by atoms with van der Waals surface area (Å²) in [6, 6.07) is 5.41. The van der Waals surface area contributed by atoms with Crippen LogP contribution in [0.3, 0.4) is 0 Å². The van der Waals surface area contributed by atoms with Gasteiger partial charge in [-0.25, -0.2) is 9.78 Å². The zero-order chi connectivity index (χ0) is 15.5. The number of benzene rings is 1. The summed E-state index contributed by atoms with van der Waals surface area (Å²) >= 11 is 0. The van der Waals surface area contributed by atoms with Crippen LogP contribution in [0.1, 0.15) is 18.5 Å². The molecule has 0 bridgehead atoms. The van der Waals surface area contributed by atoms with Gasteiger partial charge in [0.25, 0.3) is 0 Å². The van der Waals surface area contributed by atoms with E-state index in [0.29, 0.717) is 30.7 Å². The van der Waals surface area contributed by atoms with Crippen LogP contribution < -0.4 is 5.32 Å². The van der Waals surface area contributed by atoms with Crippen LogP contribution in [-0.2, 0) is 6.54 Å². The molecular formula is C15H18N4O3. The molecule has 3 N–H and O–H groups in total. The van der Waals surface area contributed by atoms with E-state index >= 15 is 0 Å². The van der Waals surface area contributed by atoms with Gasteiger partial charge in [0.1, 0.15) is 11.3 Å². The number of likely N-dealkylation sites (tertiary alicyclic amines) is 1. The van der Waals surface area contributed by atoms with E-state index in [-0.39, 0.29) is 11.8 Å². The summed E-state index contributed by atoms with van der Waals surface area (Å²) in [5, 5.41) is 22.1. The molecule has 2 heterocycles. The molecule has 1 fully saturated rings. The number of hydrogen-bond donors (Lipinski definition) is 3. The van der Waals surface area contributed by atoms with Gasteiger partial charge in [-0.3, -0.25) is 4.98 Å². The van der Waals surface area contributed by atoms with Gasteiger partial charge >= 0.3 is 6.09 Å². The molecule has 1 saturated heterocycles. The van der Waals surface area contributed by atoms with Gasteiger partial charge in [-0.05, 0) is 25.0 Å². The maximum absolute atomic E-state index is 10.9. The Morgan fingerprint density at radius 1 is 1.36 bits per heavy atom. The lowest BCUT2D eigenvalue weighted by molar-refractivity contribution is 0.129. The van der Waals surface area contributed by atoms with Crippen molar-refractivity contribution in [2.45, 2.75) is 25.4 Å². The van der Waals surface area contributed by atoms with E-state index in [2.05, 4.69) is 15.3 Å². The summed E-state index contributed by atoms with van der Waals surface area (Å²) in [4.78, 5) is 21.0. The summed E-state index contributed by atoms with van der Waals surface area (Å²) in [6.45, 7) is 1.66. The second kappa shape index (κ2) is 6.15. The van der Waals surface area contributed by atoms with Crippen molar-refractivity contribution in [3.8, 4) is 5.75 Å². The molecule has 116 valence electrons. The van der Waals surface area contributed by atoms with Crippen LogP contribution >= 0.6 is 0 Å². The summed E-state index contributed by atoms with van der Waals surface area (Å²) in [7, 11) is 0. The van der Waals surface area contributed by atoms with Crippen LogP contribution in [0.15, 0.2) is 24.4 Å². The second-order valence-electron chi connectivity index (χ2n) is 5.43. The van der Waals surface area contributed by atoms with E-state index in [1.165, 1.54) is 4.90 Å². The standard InChI is InChI=1S/C15H18N4O3/c20-13-3-1-2-12-14(13)18-11(9-17-12)8-16-10-4-6-19(7-5-10)15(21)22/h1-3,9-10,16,20H,4-8H2,(H,21,22). The van der Waals surface area contributed by atoms with Crippen LogP contribution in [0.4, 0.5) is 4.79 Å². The minimum Gasteiger partial charge on any atom is -0.506 e. The molecule has 1 aromatic heterocycles. The molecule has 1 aliphatic heterocycles. The van der Waals surface area contributed by atoms with Crippen LogP contribution in [-0.4, -0.2) is 50.3 Å². The topological polar surface area (TPSA) is 98.6 Å². The van der Waals surface area contributed by atoms with Crippen molar-refractivity contribution in [1.29, 1.82) is 0 Å². The number of carboxylic acid groups (broad SMARTS) is 1. The first-order valence-electron chi connectivity index (χ1n) is 7.28. The number of aromatic hydroxyl groups is 1. The van der Waals surface area contributed by atoms with Crippen molar-refractivity contribution >= 4 is 17.1 Å².